The van der Waals surface area contributed by atoms with Gasteiger partial charge in [0.05, 0.1) is 12.0 Å². The van der Waals surface area contributed by atoms with E-state index in [4.69, 9.17) is 10.2 Å². The fourth-order valence-electron chi connectivity index (χ4n) is 1.59. The summed E-state index contributed by atoms with van der Waals surface area (Å²) in [5, 5.41) is 0. The lowest BCUT2D eigenvalue weighted by molar-refractivity contribution is 0.0621. The van der Waals surface area contributed by atoms with Gasteiger partial charge in [-0.25, -0.2) is 0 Å². The largest absolute Gasteiger partial charge is 0.457 e. The molecule has 1 heterocycles. The van der Waals surface area contributed by atoms with Crippen molar-refractivity contribution in [1.29, 1.82) is 0 Å². The maximum Gasteiger partial charge on any atom is 0.291 e. The van der Waals surface area contributed by atoms with E-state index in [-0.39, 0.29) is 11.7 Å². The van der Waals surface area contributed by atoms with Crippen LogP contribution in [0.25, 0.3) is 0 Å². The summed E-state index contributed by atoms with van der Waals surface area (Å²) in [6.45, 7) is 0. The molecule has 1 amide bonds. The van der Waals surface area contributed by atoms with Gasteiger partial charge in [-0.3, -0.25) is 4.79 Å². The summed E-state index contributed by atoms with van der Waals surface area (Å²) in [6.07, 6.45) is 4.82. The molecule has 1 saturated carbocycles. The van der Waals surface area contributed by atoms with Crippen LogP contribution in [0.5, 0.6) is 0 Å². The zero-order valence-corrected chi connectivity index (χ0v) is 8.19. The normalized spacial score (nSPS) is 16.4. The number of amides is 1. The van der Waals surface area contributed by atoms with Crippen molar-refractivity contribution in [2.24, 2.45) is 0 Å². The summed E-state index contributed by atoms with van der Waals surface area (Å²) >= 11 is 0. The molecule has 0 aromatic carbocycles. The third-order valence-electron chi connectivity index (χ3n) is 2.83. The number of hydrogen-bond donors (Lipinski definition) is 1. The van der Waals surface area contributed by atoms with Crippen LogP contribution in [0.15, 0.2) is 16.7 Å². The summed E-state index contributed by atoms with van der Waals surface area (Å²) < 4.78 is 5.05. The monoisotopic (exact) mass is 194 g/mol. The SMILES string of the molecule is CN(C(=O)c1occc1N)C1CCC1. The van der Waals surface area contributed by atoms with Crippen LogP contribution >= 0.6 is 0 Å². The molecule has 1 aromatic heterocycles. The first kappa shape index (κ1) is 9.12. The molecule has 0 aliphatic heterocycles. The molecule has 0 unspecified atom stereocenters. The van der Waals surface area contributed by atoms with Gasteiger partial charge in [-0.15, -0.1) is 0 Å². The van der Waals surface area contributed by atoms with Crippen LogP contribution < -0.4 is 5.73 Å². The quantitative estimate of drug-likeness (QED) is 0.775. The van der Waals surface area contributed by atoms with Crippen LogP contribution in [0.1, 0.15) is 29.8 Å². The van der Waals surface area contributed by atoms with Gasteiger partial charge in [0.15, 0.2) is 0 Å². The molecule has 1 aromatic rings. The van der Waals surface area contributed by atoms with Crippen LogP contribution in [0.3, 0.4) is 0 Å². The molecule has 0 saturated heterocycles. The minimum atomic E-state index is -0.114. The molecule has 4 heteroatoms. The summed E-state index contributed by atoms with van der Waals surface area (Å²) in [7, 11) is 1.80. The van der Waals surface area contributed by atoms with Crippen molar-refractivity contribution in [3.8, 4) is 0 Å². The van der Waals surface area contributed by atoms with Crippen molar-refractivity contribution in [2.75, 3.05) is 12.8 Å². The van der Waals surface area contributed by atoms with Gasteiger partial charge in [-0.1, -0.05) is 0 Å². The molecule has 4 nitrogen and oxygen atoms in total. The van der Waals surface area contributed by atoms with Gasteiger partial charge in [0.2, 0.25) is 5.76 Å². The molecule has 0 spiro atoms. The molecule has 0 bridgehead atoms. The van der Waals surface area contributed by atoms with Gasteiger partial charge < -0.3 is 15.1 Å². The van der Waals surface area contributed by atoms with Crippen LogP contribution in [-0.4, -0.2) is 23.9 Å². The van der Waals surface area contributed by atoms with E-state index in [0.29, 0.717) is 11.7 Å². The first-order valence-electron chi connectivity index (χ1n) is 4.80. The van der Waals surface area contributed by atoms with E-state index >= 15 is 0 Å². The van der Waals surface area contributed by atoms with Crippen molar-refractivity contribution in [3.63, 3.8) is 0 Å². The maximum absolute atomic E-state index is 11.8. The highest BCUT2D eigenvalue weighted by molar-refractivity contribution is 5.96. The number of anilines is 1. The molecule has 2 N–H and O–H groups in total. The summed E-state index contributed by atoms with van der Waals surface area (Å²) in [5.41, 5.74) is 6.02. The number of nitrogens with two attached hydrogens (primary N) is 1. The maximum atomic E-state index is 11.8. The lowest BCUT2D eigenvalue weighted by Gasteiger charge is -2.34. The number of carbonyl (C=O) groups is 1. The Morgan fingerprint density at radius 1 is 1.64 bits per heavy atom. The fraction of sp³-hybridized carbons (Fsp3) is 0.500. The van der Waals surface area contributed by atoms with E-state index in [1.54, 1.807) is 18.0 Å². The number of carbonyl (C=O) groups excluding carboxylic acids is 1. The molecular weight excluding hydrogens is 180 g/mol. The average molecular weight is 194 g/mol. The smallest absolute Gasteiger partial charge is 0.291 e. The second-order valence-corrected chi connectivity index (χ2v) is 3.71. The number of hydrogen-bond acceptors (Lipinski definition) is 3. The zero-order valence-electron chi connectivity index (χ0n) is 8.19. The highest BCUT2D eigenvalue weighted by Gasteiger charge is 2.28. The van der Waals surface area contributed by atoms with Crippen molar-refractivity contribution >= 4 is 11.6 Å². The van der Waals surface area contributed by atoms with Gasteiger partial charge >= 0.3 is 0 Å². The Kier molecular flexibility index (Phi) is 2.19. The lowest BCUT2D eigenvalue weighted by atomic mass is 9.92. The Morgan fingerprint density at radius 2 is 2.36 bits per heavy atom. The molecule has 0 atom stereocenters. The standard InChI is InChI=1S/C10H14N2O2/c1-12(7-3-2-4-7)10(13)9-8(11)5-6-14-9/h5-7H,2-4,11H2,1H3. The Balaban J connectivity index is 2.11. The second kappa shape index (κ2) is 3.36. The van der Waals surface area contributed by atoms with Crippen molar-refractivity contribution in [1.82, 2.24) is 4.90 Å². The van der Waals surface area contributed by atoms with Crippen LogP contribution in [0.4, 0.5) is 5.69 Å². The first-order chi connectivity index (χ1) is 6.70. The Labute approximate surface area is 82.7 Å². The molecule has 1 aliphatic rings. The van der Waals surface area contributed by atoms with E-state index in [9.17, 15) is 4.79 Å². The van der Waals surface area contributed by atoms with E-state index in [1.807, 2.05) is 0 Å². The summed E-state index contributed by atoms with van der Waals surface area (Å²) in [4.78, 5) is 13.5. The predicted molar refractivity (Wildman–Crippen MR) is 52.9 cm³/mol. The van der Waals surface area contributed by atoms with Gasteiger partial charge in [0, 0.05) is 19.2 Å². The first-order valence-corrected chi connectivity index (χ1v) is 4.80. The molecular formula is C10H14N2O2. The Hall–Kier alpha value is -1.45. The van der Waals surface area contributed by atoms with Crippen LogP contribution in [-0.2, 0) is 0 Å². The zero-order chi connectivity index (χ0) is 10.1. The van der Waals surface area contributed by atoms with Gasteiger partial charge in [0.25, 0.3) is 5.91 Å². The topological polar surface area (TPSA) is 59.5 Å². The Morgan fingerprint density at radius 3 is 2.79 bits per heavy atom. The number of nitrogen functional groups attached to an aromatic ring is 1. The third kappa shape index (κ3) is 1.36. The highest BCUT2D eigenvalue weighted by atomic mass is 16.3. The molecule has 76 valence electrons. The Bertz CT molecular complexity index is 342. The van der Waals surface area contributed by atoms with Gasteiger partial charge in [0.1, 0.15) is 0 Å². The minimum Gasteiger partial charge on any atom is -0.457 e. The molecule has 14 heavy (non-hydrogen) atoms. The van der Waals surface area contributed by atoms with E-state index in [0.717, 1.165) is 12.8 Å². The number of furan rings is 1. The lowest BCUT2D eigenvalue weighted by Crippen LogP contribution is -2.41. The molecule has 1 fully saturated rings. The second-order valence-electron chi connectivity index (χ2n) is 3.71. The summed E-state index contributed by atoms with van der Waals surface area (Å²) in [5.74, 6) is 0.150. The predicted octanol–water partition coefficient (Wildman–Crippen LogP) is 1.49. The van der Waals surface area contributed by atoms with Crippen molar-refractivity contribution in [3.05, 3.63) is 18.1 Å². The average Bonchev–Trinajstić information content (AvgIpc) is 2.47. The van der Waals surface area contributed by atoms with Crippen molar-refractivity contribution in [2.45, 2.75) is 25.3 Å². The number of nitrogens with zero attached hydrogens (tertiary/aromatic N) is 1. The highest BCUT2D eigenvalue weighted by Crippen LogP contribution is 2.26. The van der Waals surface area contributed by atoms with Gasteiger partial charge in [-0.05, 0) is 19.3 Å². The van der Waals surface area contributed by atoms with E-state index in [2.05, 4.69) is 0 Å². The molecule has 1 aliphatic carbocycles. The van der Waals surface area contributed by atoms with E-state index < -0.39 is 0 Å². The minimum absolute atomic E-state index is 0.114. The van der Waals surface area contributed by atoms with Crippen molar-refractivity contribution < 1.29 is 9.21 Å². The van der Waals surface area contributed by atoms with E-state index in [1.165, 1.54) is 12.7 Å². The fourth-order valence-corrected chi connectivity index (χ4v) is 1.59. The van der Waals surface area contributed by atoms with Gasteiger partial charge in [-0.2, -0.15) is 0 Å². The number of rotatable bonds is 2. The third-order valence-corrected chi connectivity index (χ3v) is 2.83. The van der Waals surface area contributed by atoms with Crippen LogP contribution in [0, 0.1) is 0 Å². The molecule has 2 rings (SSSR count). The van der Waals surface area contributed by atoms with Crippen LogP contribution in [0.2, 0.25) is 0 Å². The summed E-state index contributed by atoms with van der Waals surface area (Å²) in [6, 6.07) is 1.97. The molecule has 0 radical (unpaired) electrons.